The number of hydrogen-bond acceptors (Lipinski definition) is 2. The Morgan fingerprint density at radius 2 is 2.08 bits per heavy atom. The number of alkyl halides is 1. The summed E-state index contributed by atoms with van der Waals surface area (Å²) in [6.07, 6.45) is 2.13. The molecule has 0 N–H and O–H groups in total. The lowest BCUT2D eigenvalue weighted by Crippen LogP contribution is -2.34. The normalized spacial score (nSPS) is 18.1. The van der Waals surface area contributed by atoms with Crippen LogP contribution in [-0.2, 0) is 10.0 Å². The smallest absolute Gasteiger partial charge is 0.212 e. The summed E-state index contributed by atoms with van der Waals surface area (Å²) in [4.78, 5) is 0. The fraction of sp³-hybridized carbons (Fsp3) is 1.00. The molecule has 1 fully saturated rings. The number of sulfonamides is 1. The molecule has 0 aromatic rings. The van der Waals surface area contributed by atoms with Crippen LogP contribution in [-0.4, -0.2) is 37.4 Å². The van der Waals surface area contributed by atoms with Crippen LogP contribution in [0.2, 0.25) is 0 Å². The third kappa shape index (κ3) is 3.44. The molecule has 0 bridgehead atoms. The van der Waals surface area contributed by atoms with Crippen molar-refractivity contribution in [2.75, 3.05) is 24.7 Å². The predicted octanol–water partition coefficient (Wildman–Crippen LogP) is 1.29. The van der Waals surface area contributed by atoms with Crippen LogP contribution in [0.5, 0.6) is 0 Å². The van der Waals surface area contributed by atoms with Gasteiger partial charge < -0.3 is 0 Å². The highest BCUT2D eigenvalue weighted by atomic mass is 35.5. The molecule has 0 unspecified atom stereocenters. The van der Waals surface area contributed by atoms with Gasteiger partial charge >= 0.3 is 0 Å². The number of rotatable bonds is 6. The summed E-state index contributed by atoms with van der Waals surface area (Å²) in [6, 6.07) is 0. The number of nitrogens with zero attached hydrogens (tertiary/aromatic N) is 1. The van der Waals surface area contributed by atoms with Crippen LogP contribution in [0.4, 0.5) is 0 Å². The Morgan fingerprint density at radius 1 is 1.46 bits per heavy atom. The quantitative estimate of drug-likeness (QED) is 0.639. The predicted molar refractivity (Wildman–Crippen MR) is 54.5 cm³/mol. The van der Waals surface area contributed by atoms with E-state index in [9.17, 15) is 8.42 Å². The van der Waals surface area contributed by atoms with E-state index in [1.165, 1.54) is 4.31 Å². The molecule has 1 aliphatic carbocycles. The third-order valence-electron chi connectivity index (χ3n) is 2.22. The number of halogens is 1. The molecule has 0 heterocycles. The molecule has 3 nitrogen and oxygen atoms in total. The van der Waals surface area contributed by atoms with Crippen molar-refractivity contribution in [3.05, 3.63) is 0 Å². The summed E-state index contributed by atoms with van der Waals surface area (Å²) in [5.74, 6) is 1.10. The molecule has 0 radical (unpaired) electrons. The first-order chi connectivity index (χ1) is 6.10. The fourth-order valence-electron chi connectivity index (χ4n) is 1.28. The summed E-state index contributed by atoms with van der Waals surface area (Å²) in [6.45, 7) is 2.81. The molecule has 1 rings (SSSR count). The van der Waals surface area contributed by atoms with Crippen molar-refractivity contribution in [1.82, 2.24) is 4.31 Å². The Kier molecular flexibility index (Phi) is 4.01. The van der Waals surface area contributed by atoms with Crippen molar-refractivity contribution in [2.45, 2.75) is 19.8 Å². The van der Waals surface area contributed by atoms with Gasteiger partial charge in [0, 0.05) is 19.0 Å². The van der Waals surface area contributed by atoms with E-state index in [0.29, 0.717) is 30.6 Å². The summed E-state index contributed by atoms with van der Waals surface area (Å²) in [5, 5.41) is 0. The van der Waals surface area contributed by atoms with E-state index >= 15 is 0 Å². The molecular formula is C8H16ClNO2S. The fourth-order valence-corrected chi connectivity index (χ4v) is 3.48. The van der Waals surface area contributed by atoms with Crippen molar-refractivity contribution in [3.8, 4) is 0 Å². The maximum absolute atomic E-state index is 11.7. The Hall–Kier alpha value is 0.200. The van der Waals surface area contributed by atoms with Crippen molar-refractivity contribution in [1.29, 1.82) is 0 Å². The van der Waals surface area contributed by atoms with Crippen molar-refractivity contribution in [2.24, 2.45) is 5.92 Å². The first kappa shape index (κ1) is 11.3. The molecule has 13 heavy (non-hydrogen) atoms. The highest BCUT2D eigenvalue weighted by molar-refractivity contribution is 7.89. The number of hydrogen-bond donors (Lipinski definition) is 0. The van der Waals surface area contributed by atoms with Gasteiger partial charge in [-0.1, -0.05) is 6.92 Å². The van der Waals surface area contributed by atoms with Gasteiger partial charge in [-0.25, -0.2) is 12.7 Å². The molecule has 0 aromatic carbocycles. The molecule has 78 valence electrons. The second kappa shape index (κ2) is 4.62. The van der Waals surface area contributed by atoms with Gasteiger partial charge in [-0.2, -0.15) is 0 Å². The van der Waals surface area contributed by atoms with Crippen molar-refractivity contribution < 1.29 is 8.42 Å². The SMILES string of the molecule is CCN(CCCl)S(=O)(=O)CC1CC1. The lowest BCUT2D eigenvalue weighted by molar-refractivity contribution is 0.445. The summed E-state index contributed by atoms with van der Waals surface area (Å²) in [7, 11) is -3.02. The topological polar surface area (TPSA) is 37.4 Å². The van der Waals surface area contributed by atoms with Gasteiger partial charge in [0.2, 0.25) is 10.0 Å². The molecule has 0 atom stereocenters. The van der Waals surface area contributed by atoms with Gasteiger partial charge in [0.15, 0.2) is 0 Å². The summed E-state index contributed by atoms with van der Waals surface area (Å²) < 4.78 is 24.8. The molecule has 5 heteroatoms. The lowest BCUT2D eigenvalue weighted by Gasteiger charge is -2.18. The second-order valence-corrected chi connectivity index (χ2v) is 5.79. The largest absolute Gasteiger partial charge is 0.214 e. The van der Waals surface area contributed by atoms with Gasteiger partial charge in [-0.3, -0.25) is 0 Å². The minimum absolute atomic E-state index is 0.317. The van der Waals surface area contributed by atoms with E-state index in [2.05, 4.69) is 0 Å². The first-order valence-corrected chi connectivity index (χ1v) is 6.78. The molecule has 1 aliphatic rings. The molecule has 0 saturated heterocycles. The van der Waals surface area contributed by atoms with Crippen LogP contribution in [0.25, 0.3) is 0 Å². The van der Waals surface area contributed by atoms with Crippen LogP contribution in [0, 0.1) is 5.92 Å². The molecule has 0 aromatic heterocycles. The Bertz CT molecular complexity index is 249. The monoisotopic (exact) mass is 225 g/mol. The Morgan fingerprint density at radius 3 is 2.46 bits per heavy atom. The molecular weight excluding hydrogens is 210 g/mol. The molecule has 0 amide bonds. The van der Waals surface area contributed by atoms with E-state index in [1.54, 1.807) is 0 Å². The summed E-state index contributed by atoms with van der Waals surface area (Å²) in [5.41, 5.74) is 0. The van der Waals surface area contributed by atoms with Crippen LogP contribution >= 0.6 is 11.6 Å². The average Bonchev–Trinajstić information content (AvgIpc) is 2.82. The Balaban J connectivity index is 2.52. The van der Waals surface area contributed by atoms with Crippen LogP contribution in [0.3, 0.4) is 0 Å². The minimum atomic E-state index is -3.02. The van der Waals surface area contributed by atoms with Crippen molar-refractivity contribution >= 4 is 21.6 Å². The van der Waals surface area contributed by atoms with Crippen LogP contribution in [0.15, 0.2) is 0 Å². The molecule has 1 saturated carbocycles. The standard InChI is InChI=1S/C8H16ClNO2S/c1-2-10(6-5-9)13(11,12)7-8-3-4-8/h8H,2-7H2,1H3. The van der Waals surface area contributed by atoms with E-state index in [4.69, 9.17) is 11.6 Å². The van der Waals surface area contributed by atoms with Gasteiger partial charge in [0.1, 0.15) is 0 Å². The highest BCUT2D eigenvalue weighted by Crippen LogP contribution is 2.31. The Labute approximate surface area is 85.1 Å². The highest BCUT2D eigenvalue weighted by Gasteiger charge is 2.30. The minimum Gasteiger partial charge on any atom is -0.212 e. The molecule has 0 spiro atoms. The third-order valence-corrected chi connectivity index (χ3v) is 4.51. The maximum atomic E-state index is 11.7. The summed E-state index contributed by atoms with van der Waals surface area (Å²) >= 11 is 5.53. The zero-order chi connectivity index (χ0) is 9.90. The van der Waals surface area contributed by atoms with E-state index < -0.39 is 10.0 Å². The first-order valence-electron chi connectivity index (χ1n) is 4.64. The van der Waals surface area contributed by atoms with Gasteiger partial charge in [-0.05, 0) is 18.8 Å². The van der Waals surface area contributed by atoms with Gasteiger partial charge in [-0.15, -0.1) is 11.6 Å². The zero-order valence-electron chi connectivity index (χ0n) is 7.87. The lowest BCUT2D eigenvalue weighted by atomic mass is 10.5. The zero-order valence-corrected chi connectivity index (χ0v) is 9.44. The van der Waals surface area contributed by atoms with Gasteiger partial charge in [0.05, 0.1) is 5.75 Å². The molecule has 0 aliphatic heterocycles. The van der Waals surface area contributed by atoms with E-state index in [-0.39, 0.29) is 0 Å². The maximum Gasteiger partial charge on any atom is 0.214 e. The van der Waals surface area contributed by atoms with E-state index in [1.807, 2.05) is 6.92 Å². The average molecular weight is 226 g/mol. The van der Waals surface area contributed by atoms with Gasteiger partial charge in [0.25, 0.3) is 0 Å². The second-order valence-electron chi connectivity index (χ2n) is 3.40. The van der Waals surface area contributed by atoms with Crippen molar-refractivity contribution in [3.63, 3.8) is 0 Å². The van der Waals surface area contributed by atoms with Crippen LogP contribution < -0.4 is 0 Å². The van der Waals surface area contributed by atoms with Crippen LogP contribution in [0.1, 0.15) is 19.8 Å². The van der Waals surface area contributed by atoms with E-state index in [0.717, 1.165) is 12.8 Å².